The summed E-state index contributed by atoms with van der Waals surface area (Å²) < 4.78 is 4.40. The van der Waals surface area contributed by atoms with Gasteiger partial charge in [-0.2, -0.15) is 0 Å². The molecule has 0 atom stereocenters. The Labute approximate surface area is 191 Å². The lowest BCUT2D eigenvalue weighted by atomic mass is 10.1. The van der Waals surface area contributed by atoms with E-state index in [9.17, 15) is 0 Å². The van der Waals surface area contributed by atoms with Crippen LogP contribution in [0.5, 0.6) is 0 Å². The number of pyridine rings is 2. The highest BCUT2D eigenvalue weighted by Gasteiger charge is 2.08. The van der Waals surface area contributed by atoms with Gasteiger partial charge in [-0.05, 0) is 16.7 Å². The number of nitrogens with zero attached hydrogens (tertiary/aromatic N) is 2. The Balaban J connectivity index is 0.00000160. The van der Waals surface area contributed by atoms with E-state index in [1.54, 1.807) is 0 Å². The molecule has 0 unspecified atom stereocenters. The van der Waals surface area contributed by atoms with Gasteiger partial charge in [-0.25, -0.2) is 9.13 Å². The fraction of sp³-hybridized carbons (Fsp3) is 0.0769. The van der Waals surface area contributed by atoms with Gasteiger partial charge in [0.2, 0.25) is 0 Å². The third-order valence-electron chi connectivity index (χ3n) is 4.95. The second-order valence-corrected chi connectivity index (χ2v) is 6.91. The van der Waals surface area contributed by atoms with E-state index in [2.05, 4.69) is 113 Å². The van der Waals surface area contributed by atoms with E-state index in [1.807, 2.05) is 12.1 Å². The fourth-order valence-electron chi connectivity index (χ4n) is 3.38. The van der Waals surface area contributed by atoms with Crippen molar-refractivity contribution < 1.29 is 33.9 Å². The Morgan fingerprint density at radius 3 is 1.67 bits per heavy atom. The lowest BCUT2D eigenvalue weighted by Crippen LogP contribution is -3.00. The number of benzene rings is 2. The zero-order valence-electron chi connectivity index (χ0n) is 16.7. The van der Waals surface area contributed by atoms with Gasteiger partial charge in [0.15, 0.2) is 37.9 Å². The Morgan fingerprint density at radius 2 is 1.10 bits per heavy atom. The number of hydrogen-bond donors (Lipinski definition) is 0. The van der Waals surface area contributed by atoms with E-state index in [1.165, 1.54) is 27.8 Å². The van der Waals surface area contributed by atoms with Crippen LogP contribution < -0.4 is 33.9 Å². The summed E-state index contributed by atoms with van der Waals surface area (Å²) in [7, 11) is 0. The molecular formula is C26H24Cl2N2. The standard InChI is InChI=1S/C26H24N2.2ClH/c1-2-23-10-6-7-11-26(23)21-28-18-14-25(15-19-28)24-12-16-27(17-13-24)20-22-8-4-3-5-9-22;;/h2-19H,1,20-21H2;2*1H/q+2;;/p-2. The van der Waals surface area contributed by atoms with E-state index in [-0.39, 0.29) is 24.8 Å². The molecule has 4 heteroatoms. The maximum atomic E-state index is 3.91. The van der Waals surface area contributed by atoms with Crippen LogP contribution in [0.4, 0.5) is 0 Å². The van der Waals surface area contributed by atoms with Crippen LogP contribution in [0.2, 0.25) is 0 Å². The third kappa shape index (κ3) is 5.79. The van der Waals surface area contributed by atoms with Crippen LogP contribution in [-0.2, 0) is 13.1 Å². The van der Waals surface area contributed by atoms with E-state index >= 15 is 0 Å². The number of halogens is 2. The SMILES string of the molecule is C=Cc1ccccc1C[n+]1ccc(-c2cc[n+](Cc3ccccc3)cc2)cc1.[Cl-].[Cl-]. The summed E-state index contributed by atoms with van der Waals surface area (Å²) in [6.45, 7) is 5.64. The Morgan fingerprint density at radius 1 is 0.600 bits per heavy atom. The molecular weight excluding hydrogens is 411 g/mol. The zero-order chi connectivity index (χ0) is 19.2. The summed E-state index contributed by atoms with van der Waals surface area (Å²) in [6, 6.07) is 27.6. The van der Waals surface area contributed by atoms with Crippen molar-refractivity contribution in [1.82, 2.24) is 0 Å². The van der Waals surface area contributed by atoms with Crippen molar-refractivity contribution in [2.24, 2.45) is 0 Å². The molecule has 0 amide bonds. The Bertz CT molecular complexity index is 1060. The molecule has 2 nitrogen and oxygen atoms in total. The fourth-order valence-corrected chi connectivity index (χ4v) is 3.38. The first-order valence-electron chi connectivity index (χ1n) is 9.55. The summed E-state index contributed by atoms with van der Waals surface area (Å²) in [4.78, 5) is 0. The van der Waals surface area contributed by atoms with Gasteiger partial charge < -0.3 is 24.8 Å². The first-order valence-corrected chi connectivity index (χ1v) is 9.55. The lowest BCUT2D eigenvalue weighted by Gasteiger charge is -2.04. The molecule has 0 saturated carbocycles. The van der Waals surface area contributed by atoms with Crippen molar-refractivity contribution in [3.05, 3.63) is 127 Å². The Hall–Kier alpha value is -2.94. The summed E-state index contributed by atoms with van der Waals surface area (Å²) in [6.07, 6.45) is 10.5. The number of rotatable bonds is 6. The molecule has 4 rings (SSSR count). The average molecular weight is 435 g/mol. The van der Waals surface area contributed by atoms with Crippen molar-refractivity contribution in [3.8, 4) is 11.1 Å². The van der Waals surface area contributed by atoms with Gasteiger partial charge in [0.25, 0.3) is 0 Å². The van der Waals surface area contributed by atoms with Gasteiger partial charge in [-0.15, -0.1) is 0 Å². The van der Waals surface area contributed by atoms with E-state index in [0.717, 1.165) is 13.1 Å². The van der Waals surface area contributed by atoms with Gasteiger partial charge in [0.1, 0.15) is 0 Å². The molecule has 0 radical (unpaired) electrons. The van der Waals surface area contributed by atoms with Crippen molar-refractivity contribution >= 4 is 6.08 Å². The molecule has 0 saturated heterocycles. The molecule has 0 N–H and O–H groups in total. The summed E-state index contributed by atoms with van der Waals surface area (Å²) >= 11 is 0. The van der Waals surface area contributed by atoms with Crippen LogP contribution in [0.1, 0.15) is 16.7 Å². The van der Waals surface area contributed by atoms with E-state index in [4.69, 9.17) is 0 Å². The maximum Gasteiger partial charge on any atom is 0.174 e. The van der Waals surface area contributed by atoms with Crippen LogP contribution in [0.25, 0.3) is 17.2 Å². The highest BCUT2D eigenvalue weighted by Crippen LogP contribution is 2.16. The maximum absolute atomic E-state index is 3.91. The average Bonchev–Trinajstić information content (AvgIpc) is 2.76. The van der Waals surface area contributed by atoms with Gasteiger partial charge in [-0.3, -0.25) is 0 Å². The highest BCUT2D eigenvalue weighted by molar-refractivity contribution is 5.61. The highest BCUT2D eigenvalue weighted by atomic mass is 35.5. The summed E-state index contributed by atoms with van der Waals surface area (Å²) in [5.74, 6) is 0. The third-order valence-corrected chi connectivity index (χ3v) is 4.95. The summed E-state index contributed by atoms with van der Waals surface area (Å²) in [5, 5.41) is 0. The van der Waals surface area contributed by atoms with Gasteiger partial charge >= 0.3 is 0 Å². The predicted octanol–water partition coefficient (Wildman–Crippen LogP) is -1.32. The normalized spacial score (nSPS) is 9.87. The van der Waals surface area contributed by atoms with Gasteiger partial charge in [0.05, 0.1) is 0 Å². The minimum atomic E-state index is 0. The number of hydrogen-bond acceptors (Lipinski definition) is 0. The zero-order valence-corrected chi connectivity index (χ0v) is 18.2. The molecule has 0 aliphatic rings. The first-order chi connectivity index (χ1) is 13.8. The van der Waals surface area contributed by atoms with Crippen LogP contribution in [-0.4, -0.2) is 0 Å². The first kappa shape index (κ1) is 23.3. The van der Waals surface area contributed by atoms with Crippen LogP contribution >= 0.6 is 0 Å². The molecule has 0 bridgehead atoms. The van der Waals surface area contributed by atoms with Crippen LogP contribution in [0, 0.1) is 0 Å². The molecule has 2 heterocycles. The van der Waals surface area contributed by atoms with Crippen molar-refractivity contribution in [2.45, 2.75) is 13.1 Å². The Kier molecular flexibility index (Phi) is 8.79. The van der Waals surface area contributed by atoms with E-state index in [0.29, 0.717) is 0 Å². The van der Waals surface area contributed by atoms with Crippen molar-refractivity contribution in [1.29, 1.82) is 0 Å². The molecule has 2 aromatic carbocycles. The predicted molar refractivity (Wildman–Crippen MR) is 113 cm³/mol. The van der Waals surface area contributed by atoms with Gasteiger partial charge in [0, 0.05) is 35.4 Å². The van der Waals surface area contributed by atoms with Crippen molar-refractivity contribution in [3.63, 3.8) is 0 Å². The molecule has 0 fully saturated rings. The van der Waals surface area contributed by atoms with E-state index < -0.39 is 0 Å². The van der Waals surface area contributed by atoms with Crippen LogP contribution in [0.15, 0.2) is 110 Å². The van der Waals surface area contributed by atoms with Crippen LogP contribution in [0.3, 0.4) is 0 Å². The lowest BCUT2D eigenvalue weighted by molar-refractivity contribution is -0.688. The van der Waals surface area contributed by atoms with Crippen molar-refractivity contribution in [2.75, 3.05) is 0 Å². The second kappa shape index (κ2) is 11.3. The topological polar surface area (TPSA) is 7.76 Å². The molecule has 30 heavy (non-hydrogen) atoms. The molecule has 0 aliphatic carbocycles. The molecule has 4 aromatic rings. The monoisotopic (exact) mass is 434 g/mol. The molecule has 0 spiro atoms. The molecule has 2 aromatic heterocycles. The minimum Gasteiger partial charge on any atom is -1.00 e. The second-order valence-electron chi connectivity index (χ2n) is 6.91. The smallest absolute Gasteiger partial charge is 0.174 e. The molecule has 152 valence electrons. The quantitative estimate of drug-likeness (QED) is 0.332. The summed E-state index contributed by atoms with van der Waals surface area (Å²) in [5.41, 5.74) is 6.21. The molecule has 0 aliphatic heterocycles. The van der Waals surface area contributed by atoms with Gasteiger partial charge in [-0.1, -0.05) is 67.3 Å². The number of aromatic nitrogens is 2. The minimum absolute atomic E-state index is 0. The largest absolute Gasteiger partial charge is 1.00 e.